The molecule has 1 aromatic carbocycles. The lowest BCUT2D eigenvalue weighted by atomic mass is 10.2. The van der Waals surface area contributed by atoms with Crippen molar-refractivity contribution in [3.63, 3.8) is 0 Å². The number of halogens is 1. The fraction of sp³-hybridized carbons (Fsp3) is 0.538. The van der Waals surface area contributed by atoms with Gasteiger partial charge in [0, 0.05) is 6.07 Å². The first kappa shape index (κ1) is 13.2. The van der Waals surface area contributed by atoms with Gasteiger partial charge in [-0.1, -0.05) is 26.8 Å². The summed E-state index contributed by atoms with van der Waals surface area (Å²) in [6, 6.07) is 5.09. The first-order chi connectivity index (χ1) is 7.13. The van der Waals surface area contributed by atoms with Crippen molar-refractivity contribution in [3.8, 4) is 5.75 Å². The van der Waals surface area contributed by atoms with E-state index in [1.807, 2.05) is 6.07 Å². The second-order valence-electron chi connectivity index (χ2n) is 5.77. The summed E-state index contributed by atoms with van der Waals surface area (Å²) < 4.78 is 19.4. The summed E-state index contributed by atoms with van der Waals surface area (Å²) in [6.07, 6.45) is 0. The Labute approximate surface area is 98.8 Å². The molecule has 16 heavy (non-hydrogen) atoms. The van der Waals surface area contributed by atoms with Crippen LogP contribution in [0.15, 0.2) is 18.2 Å². The molecule has 0 bridgehead atoms. The highest BCUT2D eigenvalue weighted by atomic mass is 28.4. The summed E-state index contributed by atoms with van der Waals surface area (Å²) in [4.78, 5) is 0. The van der Waals surface area contributed by atoms with E-state index in [1.54, 1.807) is 13.0 Å². The Balaban J connectivity index is 2.93. The first-order valence-electron chi connectivity index (χ1n) is 5.59. The van der Waals surface area contributed by atoms with Crippen molar-refractivity contribution in [2.24, 2.45) is 0 Å². The fourth-order valence-corrected chi connectivity index (χ4v) is 2.11. The number of hydrogen-bond donors (Lipinski definition) is 0. The SMILES string of the molecule is Cc1ccc(O[Si](C)(C)C(C)(C)C)cc1F. The van der Waals surface area contributed by atoms with Crippen molar-refractivity contribution in [1.29, 1.82) is 0 Å². The average molecular weight is 240 g/mol. The van der Waals surface area contributed by atoms with E-state index >= 15 is 0 Å². The highest BCUT2D eigenvalue weighted by molar-refractivity contribution is 6.74. The van der Waals surface area contributed by atoms with Gasteiger partial charge >= 0.3 is 0 Å². The Hall–Kier alpha value is -0.833. The maximum atomic E-state index is 13.4. The van der Waals surface area contributed by atoms with Gasteiger partial charge in [-0.2, -0.15) is 0 Å². The number of aryl methyl sites for hydroxylation is 1. The van der Waals surface area contributed by atoms with Crippen LogP contribution in [0.2, 0.25) is 18.1 Å². The topological polar surface area (TPSA) is 9.23 Å². The van der Waals surface area contributed by atoms with Gasteiger partial charge < -0.3 is 4.43 Å². The van der Waals surface area contributed by atoms with Gasteiger partial charge in [-0.05, 0) is 36.7 Å². The highest BCUT2D eigenvalue weighted by Crippen LogP contribution is 2.37. The van der Waals surface area contributed by atoms with E-state index in [-0.39, 0.29) is 10.9 Å². The molecule has 0 saturated carbocycles. The summed E-state index contributed by atoms with van der Waals surface area (Å²) in [6.45, 7) is 12.6. The lowest BCUT2D eigenvalue weighted by molar-refractivity contribution is 0.486. The molecule has 0 saturated heterocycles. The van der Waals surface area contributed by atoms with Gasteiger partial charge in [0.15, 0.2) is 0 Å². The maximum absolute atomic E-state index is 13.4. The fourth-order valence-electron chi connectivity index (χ4n) is 1.08. The highest BCUT2D eigenvalue weighted by Gasteiger charge is 2.38. The quantitative estimate of drug-likeness (QED) is 0.691. The molecule has 1 rings (SSSR count). The molecule has 1 aromatic rings. The van der Waals surface area contributed by atoms with E-state index in [2.05, 4.69) is 33.9 Å². The summed E-state index contributed by atoms with van der Waals surface area (Å²) in [5.74, 6) is 0.450. The molecule has 3 heteroatoms. The third kappa shape index (κ3) is 2.85. The van der Waals surface area contributed by atoms with Crippen LogP contribution in [0.4, 0.5) is 4.39 Å². The molecule has 0 aliphatic heterocycles. The maximum Gasteiger partial charge on any atom is 0.250 e. The third-order valence-electron chi connectivity index (χ3n) is 3.32. The molecule has 1 nitrogen and oxygen atoms in total. The standard InChI is InChI=1S/C13H21FOSi/c1-10-7-8-11(9-12(10)14)15-16(5,6)13(2,3)4/h7-9H,1-6H3. The van der Waals surface area contributed by atoms with Crippen LogP contribution in [0, 0.1) is 12.7 Å². The average Bonchev–Trinajstić information content (AvgIpc) is 2.09. The van der Waals surface area contributed by atoms with Crippen molar-refractivity contribution in [1.82, 2.24) is 0 Å². The van der Waals surface area contributed by atoms with Crippen LogP contribution in [0.25, 0.3) is 0 Å². The molecule has 0 spiro atoms. The molecule has 0 fully saturated rings. The minimum atomic E-state index is -1.85. The van der Waals surface area contributed by atoms with E-state index in [0.29, 0.717) is 11.3 Å². The molecule has 0 aromatic heterocycles. The van der Waals surface area contributed by atoms with Crippen molar-refractivity contribution in [2.75, 3.05) is 0 Å². The summed E-state index contributed by atoms with van der Waals surface area (Å²) in [7, 11) is -1.85. The molecule has 0 N–H and O–H groups in total. The van der Waals surface area contributed by atoms with Crippen LogP contribution >= 0.6 is 0 Å². The second kappa shape index (κ2) is 4.21. The van der Waals surface area contributed by atoms with Crippen molar-refractivity contribution >= 4 is 8.32 Å². The predicted molar refractivity (Wildman–Crippen MR) is 69.0 cm³/mol. The normalized spacial score (nSPS) is 12.7. The Morgan fingerprint density at radius 3 is 2.19 bits per heavy atom. The van der Waals surface area contributed by atoms with Gasteiger partial charge in [0.25, 0.3) is 0 Å². The summed E-state index contributed by atoms with van der Waals surface area (Å²) in [5, 5.41) is 0.133. The van der Waals surface area contributed by atoms with Crippen LogP contribution in [0.5, 0.6) is 5.75 Å². The number of rotatable bonds is 2. The smallest absolute Gasteiger partial charge is 0.250 e. The number of benzene rings is 1. The molecule has 0 aliphatic rings. The third-order valence-corrected chi connectivity index (χ3v) is 7.68. The predicted octanol–water partition coefficient (Wildman–Crippen LogP) is 4.52. The van der Waals surface area contributed by atoms with E-state index in [4.69, 9.17) is 4.43 Å². The van der Waals surface area contributed by atoms with E-state index in [9.17, 15) is 4.39 Å². The molecule has 90 valence electrons. The van der Waals surface area contributed by atoms with Crippen molar-refractivity contribution < 1.29 is 8.82 Å². The zero-order valence-electron chi connectivity index (χ0n) is 11.0. The number of hydrogen-bond acceptors (Lipinski definition) is 1. The van der Waals surface area contributed by atoms with E-state index in [1.165, 1.54) is 6.07 Å². The second-order valence-corrected chi connectivity index (χ2v) is 10.5. The zero-order chi connectivity index (χ0) is 12.6. The lowest BCUT2D eigenvalue weighted by Crippen LogP contribution is -2.43. The van der Waals surface area contributed by atoms with Gasteiger partial charge in [-0.15, -0.1) is 0 Å². The monoisotopic (exact) mass is 240 g/mol. The molecule has 0 amide bonds. The summed E-state index contributed by atoms with van der Waals surface area (Å²) in [5.41, 5.74) is 0.655. The minimum Gasteiger partial charge on any atom is -0.543 e. The van der Waals surface area contributed by atoms with Gasteiger partial charge in [-0.3, -0.25) is 0 Å². The molecule has 0 aliphatic carbocycles. The van der Waals surface area contributed by atoms with Crippen LogP contribution in [0.1, 0.15) is 26.3 Å². The molecular weight excluding hydrogens is 219 g/mol. The molecule has 0 radical (unpaired) electrons. The van der Waals surface area contributed by atoms with Crippen molar-refractivity contribution in [2.45, 2.75) is 45.8 Å². The Morgan fingerprint density at radius 1 is 1.19 bits per heavy atom. The Bertz CT molecular complexity index is 380. The van der Waals surface area contributed by atoms with E-state index < -0.39 is 8.32 Å². The van der Waals surface area contributed by atoms with Gasteiger partial charge in [0.1, 0.15) is 11.6 Å². The minimum absolute atomic E-state index is 0.133. The summed E-state index contributed by atoms with van der Waals surface area (Å²) >= 11 is 0. The van der Waals surface area contributed by atoms with Crippen molar-refractivity contribution in [3.05, 3.63) is 29.6 Å². The molecular formula is C13H21FOSi. The Kier molecular flexibility index (Phi) is 3.48. The molecule has 0 atom stereocenters. The lowest BCUT2D eigenvalue weighted by Gasteiger charge is -2.36. The van der Waals surface area contributed by atoms with Crippen LogP contribution in [-0.2, 0) is 0 Å². The first-order valence-corrected chi connectivity index (χ1v) is 8.49. The molecule has 0 unspecified atom stereocenters. The van der Waals surface area contributed by atoms with Gasteiger partial charge in [0.2, 0.25) is 8.32 Å². The molecule has 0 heterocycles. The van der Waals surface area contributed by atoms with Crippen LogP contribution in [-0.4, -0.2) is 8.32 Å². The zero-order valence-corrected chi connectivity index (χ0v) is 12.0. The van der Waals surface area contributed by atoms with Crippen LogP contribution < -0.4 is 4.43 Å². The largest absolute Gasteiger partial charge is 0.543 e. The van der Waals surface area contributed by atoms with E-state index in [0.717, 1.165) is 0 Å². The van der Waals surface area contributed by atoms with Crippen LogP contribution in [0.3, 0.4) is 0 Å². The Morgan fingerprint density at radius 2 is 1.75 bits per heavy atom. The van der Waals surface area contributed by atoms with Gasteiger partial charge in [0.05, 0.1) is 0 Å². The van der Waals surface area contributed by atoms with Gasteiger partial charge in [-0.25, -0.2) is 4.39 Å².